The quantitative estimate of drug-likeness (QED) is 0.429. The Balaban J connectivity index is 1.50. The Morgan fingerprint density at radius 2 is 1.79 bits per heavy atom. The second kappa shape index (κ2) is 10.2. The molecule has 3 rings (SSSR count). The van der Waals surface area contributed by atoms with Gasteiger partial charge in [0.05, 0.1) is 23.7 Å². The summed E-state index contributed by atoms with van der Waals surface area (Å²) in [4.78, 5) is 11.0. The van der Waals surface area contributed by atoms with E-state index in [2.05, 4.69) is 5.32 Å². The summed E-state index contributed by atoms with van der Waals surface area (Å²) in [6.07, 6.45) is -7.85. The second-order valence-corrected chi connectivity index (χ2v) is 8.68. The first-order valence-electron chi connectivity index (χ1n) is 10.8. The number of halogens is 6. The summed E-state index contributed by atoms with van der Waals surface area (Å²) in [6.45, 7) is 1.68. The first-order valence-corrected chi connectivity index (χ1v) is 10.8. The molecule has 34 heavy (non-hydrogen) atoms. The van der Waals surface area contributed by atoms with E-state index in [1.807, 2.05) is 6.07 Å². The smallest absolute Gasteiger partial charge is 0.416 e. The summed E-state index contributed by atoms with van der Waals surface area (Å²) >= 11 is 0. The molecule has 186 valence electrons. The molecule has 1 atom stereocenters. The van der Waals surface area contributed by atoms with Crippen LogP contribution in [0.3, 0.4) is 0 Å². The molecule has 2 aromatic carbocycles. The molecule has 0 aliphatic heterocycles. The first-order chi connectivity index (χ1) is 15.8. The van der Waals surface area contributed by atoms with Crippen molar-refractivity contribution in [3.8, 4) is 5.75 Å². The molecule has 1 saturated carbocycles. The van der Waals surface area contributed by atoms with Crippen LogP contribution in [0.15, 0.2) is 42.5 Å². The molecule has 0 saturated heterocycles. The third kappa shape index (κ3) is 6.88. The van der Waals surface area contributed by atoms with Gasteiger partial charge in [0, 0.05) is 12.6 Å². The van der Waals surface area contributed by atoms with Gasteiger partial charge >= 0.3 is 18.3 Å². The number of hydrogen-bond donors (Lipinski definition) is 2. The van der Waals surface area contributed by atoms with Crippen LogP contribution >= 0.6 is 0 Å². The molecule has 4 nitrogen and oxygen atoms in total. The molecule has 10 heteroatoms. The lowest BCUT2D eigenvalue weighted by Crippen LogP contribution is -2.43. The fourth-order valence-corrected chi connectivity index (χ4v) is 3.90. The second-order valence-electron chi connectivity index (χ2n) is 8.68. The molecule has 0 bridgehead atoms. The van der Waals surface area contributed by atoms with Gasteiger partial charge in [0.15, 0.2) is 0 Å². The highest BCUT2D eigenvalue weighted by Crippen LogP contribution is 2.37. The Kier molecular flexibility index (Phi) is 7.80. The standard InChI is InChI=1S/C24H25F6NO3/c1-14(22(32)33)7-15-3-2-4-20(10-15)34-13-16-8-19(9-16)31-12-17-11-18(23(25,26)27)5-6-21(17)24(28,29)30/h2-6,10-11,14,16,19,31H,7-9,12-13H2,1H3,(H,32,33). The maximum absolute atomic E-state index is 13.2. The number of aliphatic carboxylic acids is 1. The Morgan fingerprint density at radius 3 is 2.41 bits per heavy atom. The van der Waals surface area contributed by atoms with E-state index in [1.54, 1.807) is 25.1 Å². The van der Waals surface area contributed by atoms with E-state index < -0.39 is 40.9 Å². The molecule has 0 amide bonds. The number of carboxylic acid groups (broad SMARTS) is 1. The third-order valence-corrected chi connectivity index (χ3v) is 5.90. The van der Waals surface area contributed by atoms with Gasteiger partial charge in [-0.3, -0.25) is 4.79 Å². The molecule has 2 N–H and O–H groups in total. The van der Waals surface area contributed by atoms with Gasteiger partial charge in [-0.25, -0.2) is 0 Å². The molecule has 0 spiro atoms. The van der Waals surface area contributed by atoms with Crippen LogP contribution in [0.1, 0.15) is 42.0 Å². The van der Waals surface area contributed by atoms with Gasteiger partial charge in [0.1, 0.15) is 5.75 Å². The van der Waals surface area contributed by atoms with E-state index in [9.17, 15) is 31.1 Å². The summed E-state index contributed by atoms with van der Waals surface area (Å²) in [5.74, 6) is -0.650. The number of carbonyl (C=O) groups is 1. The normalized spacial score (nSPS) is 19.4. The topological polar surface area (TPSA) is 58.6 Å². The van der Waals surface area contributed by atoms with E-state index in [-0.39, 0.29) is 18.5 Å². The molecular formula is C24H25F6NO3. The number of alkyl halides is 6. The predicted molar refractivity (Wildman–Crippen MR) is 112 cm³/mol. The highest BCUT2D eigenvalue weighted by Gasteiger charge is 2.37. The maximum Gasteiger partial charge on any atom is 0.416 e. The Bertz CT molecular complexity index is 999. The fraction of sp³-hybridized carbons (Fsp3) is 0.458. The summed E-state index contributed by atoms with van der Waals surface area (Å²) in [5, 5.41) is 11.9. The zero-order valence-electron chi connectivity index (χ0n) is 18.3. The minimum atomic E-state index is -4.74. The average Bonchev–Trinajstić information content (AvgIpc) is 2.71. The summed E-state index contributed by atoms with van der Waals surface area (Å²) < 4.78 is 84.2. The van der Waals surface area contributed by atoms with Crippen LogP contribution in [0.2, 0.25) is 0 Å². The van der Waals surface area contributed by atoms with E-state index in [1.165, 1.54) is 0 Å². The minimum Gasteiger partial charge on any atom is -0.493 e. The van der Waals surface area contributed by atoms with Gasteiger partial charge in [-0.2, -0.15) is 26.3 Å². The lowest BCUT2D eigenvalue weighted by molar-refractivity contribution is -0.141. The number of carboxylic acids is 1. The van der Waals surface area contributed by atoms with Crippen molar-refractivity contribution in [3.63, 3.8) is 0 Å². The van der Waals surface area contributed by atoms with Crippen LogP contribution in [-0.4, -0.2) is 23.7 Å². The van der Waals surface area contributed by atoms with Gasteiger partial charge in [0.25, 0.3) is 0 Å². The zero-order chi connectivity index (χ0) is 25.1. The Labute approximate surface area is 192 Å². The van der Waals surface area contributed by atoms with Crippen LogP contribution in [0, 0.1) is 11.8 Å². The maximum atomic E-state index is 13.2. The lowest BCUT2D eigenvalue weighted by atomic mass is 9.80. The van der Waals surface area contributed by atoms with Crippen LogP contribution in [0.4, 0.5) is 26.3 Å². The fourth-order valence-electron chi connectivity index (χ4n) is 3.90. The minimum absolute atomic E-state index is 0.119. The predicted octanol–water partition coefficient (Wildman–Crippen LogP) is 5.93. The number of benzene rings is 2. The number of rotatable bonds is 9. The molecule has 2 aromatic rings. The van der Waals surface area contributed by atoms with Crippen molar-refractivity contribution in [3.05, 3.63) is 64.7 Å². The van der Waals surface area contributed by atoms with Crippen LogP contribution < -0.4 is 10.1 Å². The molecular weight excluding hydrogens is 464 g/mol. The van der Waals surface area contributed by atoms with Crippen molar-refractivity contribution in [2.24, 2.45) is 11.8 Å². The van der Waals surface area contributed by atoms with E-state index in [0.717, 1.165) is 5.56 Å². The molecule has 0 heterocycles. The molecule has 0 aromatic heterocycles. The average molecular weight is 489 g/mol. The van der Waals surface area contributed by atoms with E-state index >= 15 is 0 Å². The van der Waals surface area contributed by atoms with E-state index in [0.29, 0.717) is 49.8 Å². The number of hydrogen-bond acceptors (Lipinski definition) is 3. The van der Waals surface area contributed by atoms with Crippen molar-refractivity contribution in [2.75, 3.05) is 6.61 Å². The van der Waals surface area contributed by atoms with Crippen molar-refractivity contribution >= 4 is 5.97 Å². The number of nitrogens with one attached hydrogen (secondary N) is 1. The summed E-state index contributed by atoms with van der Waals surface area (Å²) in [7, 11) is 0. The van der Waals surface area contributed by atoms with Crippen LogP contribution in [0.25, 0.3) is 0 Å². The first kappa shape index (κ1) is 25.9. The van der Waals surface area contributed by atoms with Crippen molar-refractivity contribution < 1.29 is 41.0 Å². The molecule has 1 unspecified atom stereocenters. The SMILES string of the molecule is CC(Cc1cccc(OCC2CC(NCc3cc(C(F)(F)F)ccc3C(F)(F)F)C2)c1)C(=O)O. The highest BCUT2D eigenvalue weighted by atomic mass is 19.4. The number of ether oxygens (including phenoxy) is 1. The van der Waals surface area contributed by atoms with Crippen molar-refractivity contribution in [1.82, 2.24) is 5.32 Å². The third-order valence-electron chi connectivity index (χ3n) is 5.90. The molecule has 0 radical (unpaired) electrons. The Morgan fingerprint density at radius 1 is 1.09 bits per heavy atom. The van der Waals surface area contributed by atoms with E-state index in [4.69, 9.17) is 9.84 Å². The highest BCUT2D eigenvalue weighted by molar-refractivity contribution is 5.69. The molecule has 1 aliphatic rings. The van der Waals surface area contributed by atoms with Gasteiger partial charge in [0.2, 0.25) is 0 Å². The zero-order valence-corrected chi connectivity index (χ0v) is 18.3. The molecule has 1 aliphatic carbocycles. The van der Waals surface area contributed by atoms with Gasteiger partial charge in [-0.1, -0.05) is 19.1 Å². The van der Waals surface area contributed by atoms with Crippen molar-refractivity contribution in [1.29, 1.82) is 0 Å². The largest absolute Gasteiger partial charge is 0.493 e. The van der Waals surface area contributed by atoms with Gasteiger partial charge < -0.3 is 15.2 Å². The van der Waals surface area contributed by atoms with Gasteiger partial charge in [-0.05, 0) is 66.6 Å². The van der Waals surface area contributed by atoms with Crippen LogP contribution in [-0.2, 0) is 30.1 Å². The van der Waals surface area contributed by atoms with Crippen molar-refractivity contribution in [2.45, 2.75) is 51.1 Å². The van der Waals surface area contributed by atoms with Crippen LogP contribution in [0.5, 0.6) is 5.75 Å². The monoisotopic (exact) mass is 489 g/mol. The van der Waals surface area contributed by atoms with Gasteiger partial charge in [-0.15, -0.1) is 0 Å². The lowest BCUT2D eigenvalue weighted by Gasteiger charge is -2.36. The summed E-state index contributed by atoms with van der Waals surface area (Å²) in [5.41, 5.74) is -1.79. The molecule has 1 fully saturated rings. The Hall–Kier alpha value is -2.75. The summed E-state index contributed by atoms with van der Waals surface area (Å²) in [6, 6.07) is 8.48.